The number of ether oxygens (including phenoxy) is 2. The fourth-order valence-corrected chi connectivity index (χ4v) is 4.93. The molecule has 0 aliphatic carbocycles. The van der Waals surface area contributed by atoms with Gasteiger partial charge in [0, 0.05) is 35.5 Å². The van der Waals surface area contributed by atoms with Crippen molar-refractivity contribution < 1.29 is 33.4 Å². The maximum Gasteiger partial charge on any atom is 0.415 e. The molecule has 0 radical (unpaired) electrons. The SMILES string of the molecule is CSc1ccc(C(=O)[C@H]2CN(C(=O)Oc3ccccc3)C[C@@H]2Cc2ccc(OC(C)(C)C(=O)O)cc2F)cc1. The molecule has 7 nitrogen and oxygen atoms in total. The molecule has 9 heteroatoms. The van der Waals surface area contributed by atoms with Gasteiger partial charge in [-0.25, -0.2) is 14.0 Å². The minimum atomic E-state index is -1.53. The van der Waals surface area contributed by atoms with Crippen LogP contribution in [0.2, 0.25) is 0 Å². The number of likely N-dealkylation sites (tertiary alicyclic amines) is 1. The highest BCUT2D eigenvalue weighted by molar-refractivity contribution is 7.98. The zero-order chi connectivity index (χ0) is 28.2. The van der Waals surface area contributed by atoms with Crippen LogP contribution in [0.25, 0.3) is 0 Å². The lowest BCUT2D eigenvalue weighted by molar-refractivity contribution is -0.152. The van der Waals surface area contributed by atoms with Gasteiger partial charge in [0.1, 0.15) is 17.3 Å². The van der Waals surface area contributed by atoms with Crippen LogP contribution >= 0.6 is 11.8 Å². The van der Waals surface area contributed by atoms with Gasteiger partial charge in [0.2, 0.25) is 0 Å². The largest absolute Gasteiger partial charge is 0.478 e. The lowest BCUT2D eigenvalue weighted by atomic mass is 9.84. The molecule has 2 atom stereocenters. The third-order valence-electron chi connectivity index (χ3n) is 6.75. The molecular weight excluding hydrogens is 521 g/mol. The summed E-state index contributed by atoms with van der Waals surface area (Å²) in [5.41, 5.74) is -0.655. The highest BCUT2D eigenvalue weighted by atomic mass is 32.2. The van der Waals surface area contributed by atoms with Crippen LogP contribution in [0, 0.1) is 17.7 Å². The molecule has 1 amide bonds. The van der Waals surface area contributed by atoms with Crippen LogP contribution in [-0.4, -0.2) is 52.8 Å². The molecule has 4 rings (SSSR count). The summed E-state index contributed by atoms with van der Waals surface area (Å²) in [4.78, 5) is 40.4. The number of carboxylic acid groups (broad SMARTS) is 1. The molecule has 1 saturated heterocycles. The predicted octanol–water partition coefficient (Wildman–Crippen LogP) is 5.96. The third-order valence-corrected chi connectivity index (χ3v) is 7.50. The number of carbonyl (C=O) groups is 3. The maximum absolute atomic E-state index is 15.1. The van der Waals surface area contributed by atoms with Crippen LogP contribution in [0.3, 0.4) is 0 Å². The maximum atomic E-state index is 15.1. The van der Waals surface area contributed by atoms with E-state index in [1.165, 1.54) is 30.9 Å². The Kier molecular flexibility index (Phi) is 8.60. The summed E-state index contributed by atoms with van der Waals surface area (Å²) in [7, 11) is 0. The smallest absolute Gasteiger partial charge is 0.415 e. The molecule has 1 aliphatic rings. The monoisotopic (exact) mass is 551 g/mol. The molecule has 1 N–H and O–H groups in total. The fourth-order valence-electron chi connectivity index (χ4n) is 4.53. The topological polar surface area (TPSA) is 93.1 Å². The minimum Gasteiger partial charge on any atom is -0.478 e. The van der Waals surface area contributed by atoms with Crippen molar-refractivity contribution in [3.05, 3.63) is 89.7 Å². The van der Waals surface area contributed by atoms with Crippen LogP contribution in [0.15, 0.2) is 77.7 Å². The van der Waals surface area contributed by atoms with Gasteiger partial charge in [-0.2, -0.15) is 0 Å². The molecule has 3 aromatic carbocycles. The van der Waals surface area contributed by atoms with E-state index in [0.29, 0.717) is 16.9 Å². The second-order valence-corrected chi connectivity index (χ2v) is 10.8. The summed E-state index contributed by atoms with van der Waals surface area (Å²) in [6, 6.07) is 20.2. The van der Waals surface area contributed by atoms with Crippen LogP contribution in [0.5, 0.6) is 11.5 Å². The number of thioether (sulfide) groups is 1. The predicted molar refractivity (Wildman–Crippen MR) is 146 cm³/mol. The van der Waals surface area contributed by atoms with Gasteiger partial charge in [0.25, 0.3) is 0 Å². The van der Waals surface area contributed by atoms with Gasteiger partial charge < -0.3 is 19.5 Å². The Morgan fingerprint density at radius 1 is 1.00 bits per heavy atom. The zero-order valence-corrected chi connectivity index (χ0v) is 22.7. The Morgan fingerprint density at radius 2 is 1.69 bits per heavy atom. The highest BCUT2D eigenvalue weighted by Gasteiger charge is 2.41. The number of para-hydroxylation sites is 1. The van der Waals surface area contributed by atoms with E-state index in [-0.39, 0.29) is 37.0 Å². The summed E-state index contributed by atoms with van der Waals surface area (Å²) >= 11 is 1.57. The van der Waals surface area contributed by atoms with E-state index in [1.54, 1.807) is 48.2 Å². The van der Waals surface area contributed by atoms with Crippen LogP contribution in [-0.2, 0) is 11.2 Å². The molecule has 1 aliphatic heterocycles. The first-order chi connectivity index (χ1) is 18.6. The van der Waals surface area contributed by atoms with E-state index >= 15 is 4.39 Å². The summed E-state index contributed by atoms with van der Waals surface area (Å²) in [5.74, 6) is -2.31. The van der Waals surface area contributed by atoms with Crippen molar-refractivity contribution in [3.8, 4) is 11.5 Å². The van der Waals surface area contributed by atoms with Gasteiger partial charge in [-0.3, -0.25) is 4.79 Å². The molecule has 1 heterocycles. The van der Waals surface area contributed by atoms with E-state index in [9.17, 15) is 19.5 Å². The van der Waals surface area contributed by atoms with Crippen LogP contribution < -0.4 is 9.47 Å². The Hall–Kier alpha value is -3.85. The van der Waals surface area contributed by atoms with Crippen molar-refractivity contribution in [2.45, 2.75) is 30.8 Å². The number of ketones is 1. The molecule has 0 spiro atoms. The zero-order valence-electron chi connectivity index (χ0n) is 21.9. The van der Waals surface area contributed by atoms with Crippen molar-refractivity contribution in [3.63, 3.8) is 0 Å². The Morgan fingerprint density at radius 3 is 2.31 bits per heavy atom. The quantitative estimate of drug-likeness (QED) is 0.259. The molecule has 0 saturated carbocycles. The minimum absolute atomic E-state index is 0.0876. The van der Waals surface area contributed by atoms with Crippen molar-refractivity contribution in [1.82, 2.24) is 4.90 Å². The number of hydrogen-bond acceptors (Lipinski definition) is 6. The van der Waals surface area contributed by atoms with Crippen LogP contribution in [0.4, 0.5) is 9.18 Å². The molecule has 39 heavy (non-hydrogen) atoms. The first-order valence-electron chi connectivity index (χ1n) is 12.5. The number of Topliss-reactive ketones (excluding diaryl/α,β-unsaturated/α-hetero) is 1. The van der Waals surface area contributed by atoms with Gasteiger partial charge in [0.15, 0.2) is 11.4 Å². The molecule has 204 valence electrons. The number of carbonyl (C=O) groups excluding carboxylic acids is 2. The molecule has 3 aromatic rings. The van der Waals surface area contributed by atoms with Gasteiger partial charge in [-0.05, 0) is 68.3 Å². The van der Waals surface area contributed by atoms with Crippen molar-refractivity contribution in [1.29, 1.82) is 0 Å². The third kappa shape index (κ3) is 6.78. The van der Waals surface area contributed by atoms with Crippen molar-refractivity contribution >= 4 is 29.6 Å². The van der Waals surface area contributed by atoms with E-state index in [2.05, 4.69) is 0 Å². The molecule has 0 aromatic heterocycles. The first kappa shape index (κ1) is 28.2. The lowest BCUT2D eigenvalue weighted by Crippen LogP contribution is -2.37. The van der Waals surface area contributed by atoms with Gasteiger partial charge in [-0.15, -0.1) is 11.8 Å². The number of carboxylic acids is 1. The van der Waals surface area contributed by atoms with Gasteiger partial charge in [-0.1, -0.05) is 36.4 Å². The van der Waals surface area contributed by atoms with Crippen LogP contribution in [0.1, 0.15) is 29.8 Å². The molecular formula is C30H30FNO6S. The Bertz CT molecular complexity index is 1350. The lowest BCUT2D eigenvalue weighted by Gasteiger charge is -2.22. The summed E-state index contributed by atoms with van der Waals surface area (Å²) in [5, 5.41) is 9.29. The average Bonchev–Trinajstić information content (AvgIpc) is 3.34. The second-order valence-electron chi connectivity index (χ2n) is 9.92. The van der Waals surface area contributed by atoms with E-state index in [0.717, 1.165) is 11.0 Å². The van der Waals surface area contributed by atoms with E-state index in [1.807, 2.05) is 24.5 Å². The van der Waals surface area contributed by atoms with E-state index in [4.69, 9.17) is 9.47 Å². The number of benzene rings is 3. The first-order valence-corrected chi connectivity index (χ1v) is 13.7. The van der Waals surface area contributed by atoms with Gasteiger partial charge in [0.05, 0.1) is 0 Å². The second kappa shape index (κ2) is 11.9. The number of aliphatic carboxylic acids is 1. The van der Waals surface area contributed by atoms with Gasteiger partial charge >= 0.3 is 12.1 Å². The highest BCUT2D eigenvalue weighted by Crippen LogP contribution is 2.33. The molecule has 0 unspecified atom stereocenters. The van der Waals surface area contributed by atoms with Crippen molar-refractivity contribution in [2.24, 2.45) is 11.8 Å². The molecule has 1 fully saturated rings. The summed E-state index contributed by atoms with van der Waals surface area (Å²) in [6.45, 7) is 3.12. The number of nitrogens with zero attached hydrogens (tertiary/aromatic N) is 1. The number of rotatable bonds is 9. The molecule has 0 bridgehead atoms. The average molecular weight is 552 g/mol. The van der Waals surface area contributed by atoms with Crippen molar-refractivity contribution in [2.75, 3.05) is 19.3 Å². The normalized spacial score (nSPS) is 17.1. The number of hydrogen-bond donors (Lipinski definition) is 1. The number of amides is 1. The summed E-state index contributed by atoms with van der Waals surface area (Å²) in [6.07, 6.45) is 1.58. The Balaban J connectivity index is 1.56. The summed E-state index contributed by atoms with van der Waals surface area (Å²) < 4.78 is 26.1. The fraction of sp³-hybridized carbons (Fsp3) is 0.300. The van der Waals surface area contributed by atoms with E-state index < -0.39 is 29.4 Å². The number of halogens is 1. The standard InChI is InChI=1S/C30H30FNO6S/c1-30(2,28(34)35)38-23-12-9-20(26(31)16-23)15-21-17-32(29(36)37-22-7-5-4-6-8-22)18-25(21)27(33)19-10-13-24(39-3)14-11-19/h4-14,16,21,25H,15,17-18H2,1-3H3,(H,34,35)/t21-,25-/m0/s1. The Labute approximate surface area is 230 Å².